The molecule has 88 valence electrons. The summed E-state index contributed by atoms with van der Waals surface area (Å²) < 4.78 is 0. The van der Waals surface area contributed by atoms with E-state index in [0.717, 1.165) is 18.4 Å². The number of amides is 1. The van der Waals surface area contributed by atoms with E-state index in [1.165, 1.54) is 0 Å². The molecular formula is C12H17NO3. The zero-order chi connectivity index (χ0) is 12.0. The molecule has 0 aromatic heterocycles. The lowest BCUT2D eigenvalue weighted by atomic mass is 10.0. The monoisotopic (exact) mass is 223 g/mol. The Morgan fingerprint density at radius 1 is 1.50 bits per heavy atom. The minimum atomic E-state index is -1.10. The zero-order valence-corrected chi connectivity index (χ0v) is 9.31. The first-order chi connectivity index (χ1) is 7.63. The molecular weight excluding hydrogens is 206 g/mol. The Morgan fingerprint density at radius 2 is 2.25 bits per heavy atom. The Labute approximate surface area is 94.9 Å². The molecule has 0 radical (unpaired) electrons. The van der Waals surface area contributed by atoms with Crippen LogP contribution < -0.4 is 5.32 Å². The van der Waals surface area contributed by atoms with Gasteiger partial charge in [0.25, 0.3) is 0 Å². The fourth-order valence-electron chi connectivity index (χ4n) is 1.51. The van der Waals surface area contributed by atoms with E-state index in [4.69, 9.17) is 5.11 Å². The van der Waals surface area contributed by atoms with Crippen molar-refractivity contribution in [1.82, 2.24) is 0 Å². The van der Waals surface area contributed by atoms with E-state index in [1.54, 1.807) is 24.3 Å². The van der Waals surface area contributed by atoms with E-state index in [9.17, 15) is 9.90 Å². The normalized spacial score (nSPS) is 12.1. The summed E-state index contributed by atoms with van der Waals surface area (Å²) in [6, 6.07) is 6.85. The molecule has 1 unspecified atom stereocenters. The number of anilines is 1. The van der Waals surface area contributed by atoms with E-state index in [2.05, 4.69) is 12.2 Å². The number of rotatable bonds is 5. The van der Waals surface area contributed by atoms with E-state index in [1.807, 2.05) is 0 Å². The van der Waals surface area contributed by atoms with Crippen LogP contribution in [0.1, 0.15) is 37.9 Å². The van der Waals surface area contributed by atoms with Gasteiger partial charge in [-0.15, -0.1) is 0 Å². The number of hydrogen-bond donors (Lipinski definition) is 3. The largest absolute Gasteiger partial charge is 0.465 e. The van der Waals surface area contributed by atoms with Crippen molar-refractivity contribution in [3.8, 4) is 0 Å². The third-order valence-electron chi connectivity index (χ3n) is 2.35. The van der Waals surface area contributed by atoms with Gasteiger partial charge in [-0.05, 0) is 24.1 Å². The SMILES string of the molecule is CCCCC(O)c1cccc(NC(=O)O)c1. The molecule has 1 aromatic rings. The fourth-order valence-corrected chi connectivity index (χ4v) is 1.51. The molecule has 0 heterocycles. The lowest BCUT2D eigenvalue weighted by molar-refractivity contribution is 0.164. The molecule has 0 saturated carbocycles. The van der Waals surface area contributed by atoms with Gasteiger partial charge in [0.1, 0.15) is 0 Å². The molecule has 4 heteroatoms. The number of carbonyl (C=O) groups is 1. The van der Waals surface area contributed by atoms with Crippen LogP contribution in [-0.2, 0) is 0 Å². The van der Waals surface area contributed by atoms with Gasteiger partial charge in [-0.1, -0.05) is 31.9 Å². The third kappa shape index (κ3) is 3.90. The molecule has 16 heavy (non-hydrogen) atoms. The summed E-state index contributed by atoms with van der Waals surface area (Å²) in [5.74, 6) is 0. The van der Waals surface area contributed by atoms with Gasteiger partial charge >= 0.3 is 6.09 Å². The average molecular weight is 223 g/mol. The minimum Gasteiger partial charge on any atom is -0.465 e. The molecule has 3 N–H and O–H groups in total. The van der Waals surface area contributed by atoms with E-state index >= 15 is 0 Å². The highest BCUT2D eigenvalue weighted by Crippen LogP contribution is 2.21. The van der Waals surface area contributed by atoms with E-state index in [0.29, 0.717) is 12.1 Å². The molecule has 0 fully saturated rings. The van der Waals surface area contributed by atoms with Crippen LogP contribution in [0.4, 0.5) is 10.5 Å². The van der Waals surface area contributed by atoms with Gasteiger partial charge < -0.3 is 10.2 Å². The lowest BCUT2D eigenvalue weighted by Crippen LogP contribution is -2.07. The standard InChI is InChI=1S/C12H17NO3/c1-2-3-7-11(14)9-5-4-6-10(8-9)13-12(15)16/h4-6,8,11,13-14H,2-3,7H2,1H3,(H,15,16). The fraction of sp³-hybridized carbons (Fsp3) is 0.417. The smallest absolute Gasteiger partial charge is 0.409 e. The minimum absolute atomic E-state index is 0.487. The Bertz CT molecular complexity index is 352. The van der Waals surface area contributed by atoms with Crippen molar-refractivity contribution in [3.05, 3.63) is 29.8 Å². The van der Waals surface area contributed by atoms with Crippen molar-refractivity contribution >= 4 is 11.8 Å². The van der Waals surface area contributed by atoms with Gasteiger partial charge in [0.2, 0.25) is 0 Å². The number of aliphatic hydroxyl groups is 1. The highest BCUT2D eigenvalue weighted by molar-refractivity contribution is 5.82. The van der Waals surface area contributed by atoms with Gasteiger partial charge in [-0.3, -0.25) is 5.32 Å². The predicted molar refractivity (Wildman–Crippen MR) is 62.6 cm³/mol. The molecule has 0 saturated heterocycles. The number of unbranched alkanes of at least 4 members (excludes halogenated alkanes) is 1. The van der Waals surface area contributed by atoms with Crippen LogP contribution in [0.5, 0.6) is 0 Å². The molecule has 0 aliphatic rings. The quantitative estimate of drug-likeness (QED) is 0.718. The van der Waals surface area contributed by atoms with Crippen molar-refractivity contribution in [1.29, 1.82) is 0 Å². The molecule has 4 nitrogen and oxygen atoms in total. The van der Waals surface area contributed by atoms with Crippen molar-refractivity contribution in [3.63, 3.8) is 0 Å². The van der Waals surface area contributed by atoms with Crippen molar-refractivity contribution in [2.45, 2.75) is 32.3 Å². The number of aliphatic hydroxyl groups excluding tert-OH is 1. The van der Waals surface area contributed by atoms with Gasteiger partial charge in [0.05, 0.1) is 6.10 Å². The highest BCUT2D eigenvalue weighted by Gasteiger charge is 2.07. The van der Waals surface area contributed by atoms with Gasteiger partial charge in [-0.25, -0.2) is 4.79 Å². The van der Waals surface area contributed by atoms with Crippen LogP contribution in [0.2, 0.25) is 0 Å². The number of hydrogen-bond acceptors (Lipinski definition) is 2. The molecule has 1 atom stereocenters. The number of nitrogens with one attached hydrogen (secondary N) is 1. The summed E-state index contributed by atoms with van der Waals surface area (Å²) in [4.78, 5) is 10.4. The first-order valence-corrected chi connectivity index (χ1v) is 5.41. The van der Waals surface area contributed by atoms with Crippen LogP contribution in [0.3, 0.4) is 0 Å². The Balaban J connectivity index is 2.69. The van der Waals surface area contributed by atoms with Crippen LogP contribution >= 0.6 is 0 Å². The van der Waals surface area contributed by atoms with Crippen LogP contribution in [0.15, 0.2) is 24.3 Å². The van der Waals surface area contributed by atoms with Gasteiger partial charge in [0.15, 0.2) is 0 Å². The highest BCUT2D eigenvalue weighted by atomic mass is 16.4. The Hall–Kier alpha value is -1.55. The summed E-state index contributed by atoms with van der Waals surface area (Å²) in [5.41, 5.74) is 1.24. The maximum Gasteiger partial charge on any atom is 0.409 e. The van der Waals surface area contributed by atoms with Gasteiger partial charge in [-0.2, -0.15) is 0 Å². The topological polar surface area (TPSA) is 69.6 Å². The number of carboxylic acid groups (broad SMARTS) is 1. The molecule has 1 amide bonds. The summed E-state index contributed by atoms with van der Waals surface area (Å²) >= 11 is 0. The summed E-state index contributed by atoms with van der Waals surface area (Å²) in [5, 5.41) is 20.7. The van der Waals surface area contributed by atoms with Gasteiger partial charge in [0, 0.05) is 5.69 Å². The molecule has 0 bridgehead atoms. The van der Waals surface area contributed by atoms with Crippen LogP contribution in [0.25, 0.3) is 0 Å². The average Bonchev–Trinajstić information content (AvgIpc) is 2.25. The molecule has 1 aromatic carbocycles. The summed E-state index contributed by atoms with van der Waals surface area (Å²) in [6.45, 7) is 2.06. The van der Waals surface area contributed by atoms with Crippen molar-refractivity contribution in [2.24, 2.45) is 0 Å². The Morgan fingerprint density at radius 3 is 2.88 bits per heavy atom. The summed E-state index contributed by atoms with van der Waals surface area (Å²) in [7, 11) is 0. The lowest BCUT2D eigenvalue weighted by Gasteiger charge is -2.11. The molecule has 0 spiro atoms. The molecule has 0 aliphatic heterocycles. The van der Waals surface area contributed by atoms with E-state index in [-0.39, 0.29) is 0 Å². The van der Waals surface area contributed by atoms with Crippen molar-refractivity contribution in [2.75, 3.05) is 5.32 Å². The first kappa shape index (κ1) is 12.5. The predicted octanol–water partition coefficient (Wildman–Crippen LogP) is 3.00. The second-order valence-electron chi connectivity index (χ2n) is 3.71. The molecule has 0 aliphatic carbocycles. The maximum absolute atomic E-state index is 10.4. The first-order valence-electron chi connectivity index (χ1n) is 5.41. The molecule has 1 rings (SSSR count). The second-order valence-corrected chi connectivity index (χ2v) is 3.71. The number of benzene rings is 1. The zero-order valence-electron chi connectivity index (χ0n) is 9.31. The van der Waals surface area contributed by atoms with Crippen LogP contribution in [0, 0.1) is 0 Å². The van der Waals surface area contributed by atoms with Crippen molar-refractivity contribution < 1.29 is 15.0 Å². The summed E-state index contributed by atoms with van der Waals surface area (Å²) in [6.07, 6.45) is 1.07. The van der Waals surface area contributed by atoms with E-state index < -0.39 is 12.2 Å². The third-order valence-corrected chi connectivity index (χ3v) is 2.35. The Kier molecular flexibility index (Phi) is 4.79. The maximum atomic E-state index is 10.4. The van der Waals surface area contributed by atoms with Crippen LogP contribution in [-0.4, -0.2) is 16.3 Å². The second kappa shape index (κ2) is 6.12.